The highest BCUT2D eigenvalue weighted by molar-refractivity contribution is 5.59. The van der Waals surface area contributed by atoms with Gasteiger partial charge in [-0.15, -0.1) is 0 Å². The maximum absolute atomic E-state index is 13.2. The third kappa shape index (κ3) is 1.73. The molecule has 0 spiro atoms. The number of nitrogens with zero attached hydrogens (tertiary/aromatic N) is 2. The van der Waals surface area contributed by atoms with Crippen LogP contribution < -0.4 is 5.73 Å². The van der Waals surface area contributed by atoms with E-state index in [-0.39, 0.29) is 12.4 Å². The summed E-state index contributed by atoms with van der Waals surface area (Å²) in [5, 5.41) is 3.73. The van der Waals surface area contributed by atoms with E-state index in [0.29, 0.717) is 22.8 Å². The smallest absolute Gasteiger partial charge is 0.240 e. The van der Waals surface area contributed by atoms with Gasteiger partial charge in [0.05, 0.1) is 6.54 Å². The lowest BCUT2D eigenvalue weighted by Gasteiger charge is -2.00. The number of nitrogens with two attached hydrogens (primary N) is 1. The fourth-order valence-corrected chi connectivity index (χ4v) is 1.30. The van der Waals surface area contributed by atoms with Crippen molar-refractivity contribution in [3.05, 3.63) is 35.5 Å². The Morgan fingerprint density at radius 1 is 1.47 bits per heavy atom. The van der Waals surface area contributed by atoms with Crippen LogP contribution in [0.1, 0.15) is 11.5 Å². The minimum Gasteiger partial charge on any atom is -0.338 e. The second kappa shape index (κ2) is 3.78. The summed E-state index contributed by atoms with van der Waals surface area (Å²) in [7, 11) is 0. The summed E-state index contributed by atoms with van der Waals surface area (Å²) in [4.78, 5) is 4.03. The van der Waals surface area contributed by atoms with Crippen molar-refractivity contribution in [1.82, 2.24) is 10.1 Å². The SMILES string of the molecule is Cc1c(F)cccc1-c1noc(CN)n1. The van der Waals surface area contributed by atoms with Gasteiger partial charge in [0.15, 0.2) is 0 Å². The third-order valence-electron chi connectivity index (χ3n) is 2.15. The second-order valence-electron chi connectivity index (χ2n) is 3.13. The summed E-state index contributed by atoms with van der Waals surface area (Å²) in [6.45, 7) is 1.85. The molecule has 0 amide bonds. The molecule has 0 unspecified atom stereocenters. The Kier molecular flexibility index (Phi) is 2.47. The number of rotatable bonds is 2. The highest BCUT2D eigenvalue weighted by Gasteiger charge is 2.11. The molecule has 0 aliphatic carbocycles. The van der Waals surface area contributed by atoms with Gasteiger partial charge in [0.2, 0.25) is 11.7 Å². The molecule has 2 N–H and O–H groups in total. The van der Waals surface area contributed by atoms with Gasteiger partial charge in [-0.1, -0.05) is 17.3 Å². The first kappa shape index (κ1) is 9.79. The molecule has 2 rings (SSSR count). The molecule has 1 aromatic carbocycles. The van der Waals surface area contributed by atoms with Crippen LogP contribution in [0, 0.1) is 12.7 Å². The van der Waals surface area contributed by atoms with E-state index in [1.807, 2.05) is 0 Å². The van der Waals surface area contributed by atoms with Gasteiger partial charge in [-0.05, 0) is 18.6 Å². The Hall–Kier alpha value is -1.75. The van der Waals surface area contributed by atoms with E-state index in [1.54, 1.807) is 19.1 Å². The van der Waals surface area contributed by atoms with Gasteiger partial charge in [-0.3, -0.25) is 0 Å². The van der Waals surface area contributed by atoms with Crippen molar-refractivity contribution in [2.24, 2.45) is 5.73 Å². The van der Waals surface area contributed by atoms with E-state index in [1.165, 1.54) is 6.07 Å². The van der Waals surface area contributed by atoms with Crippen LogP contribution in [0.3, 0.4) is 0 Å². The minimum atomic E-state index is -0.286. The lowest BCUT2D eigenvalue weighted by atomic mass is 10.1. The molecule has 0 atom stereocenters. The van der Waals surface area contributed by atoms with Crippen LogP contribution in [0.2, 0.25) is 0 Å². The van der Waals surface area contributed by atoms with Crippen molar-refractivity contribution in [3.63, 3.8) is 0 Å². The van der Waals surface area contributed by atoms with E-state index < -0.39 is 0 Å². The number of halogens is 1. The van der Waals surface area contributed by atoms with Gasteiger partial charge in [0.1, 0.15) is 5.82 Å². The molecular formula is C10H10FN3O. The lowest BCUT2D eigenvalue weighted by Crippen LogP contribution is -1.96. The Balaban J connectivity index is 2.49. The van der Waals surface area contributed by atoms with E-state index in [2.05, 4.69) is 10.1 Å². The molecule has 4 nitrogen and oxygen atoms in total. The Morgan fingerprint density at radius 3 is 2.93 bits per heavy atom. The average molecular weight is 207 g/mol. The third-order valence-corrected chi connectivity index (χ3v) is 2.15. The standard InChI is InChI=1S/C10H10FN3O/c1-6-7(3-2-4-8(6)11)10-13-9(5-12)15-14-10/h2-4H,5,12H2,1H3. The molecule has 0 saturated heterocycles. The van der Waals surface area contributed by atoms with Gasteiger partial charge < -0.3 is 10.3 Å². The van der Waals surface area contributed by atoms with Crippen LogP contribution in [0.5, 0.6) is 0 Å². The largest absolute Gasteiger partial charge is 0.338 e. The van der Waals surface area contributed by atoms with Crippen molar-refractivity contribution < 1.29 is 8.91 Å². The molecule has 0 aliphatic heterocycles. The van der Waals surface area contributed by atoms with Gasteiger partial charge in [-0.25, -0.2) is 4.39 Å². The molecule has 78 valence electrons. The fraction of sp³-hybridized carbons (Fsp3) is 0.200. The summed E-state index contributed by atoms with van der Waals surface area (Å²) in [5.74, 6) is 0.424. The molecule has 1 aromatic heterocycles. The number of hydrogen-bond donors (Lipinski definition) is 1. The van der Waals surface area contributed by atoms with Crippen molar-refractivity contribution in [2.45, 2.75) is 13.5 Å². The molecule has 0 radical (unpaired) electrons. The Bertz CT molecular complexity index is 481. The first-order chi connectivity index (χ1) is 7.22. The molecule has 15 heavy (non-hydrogen) atoms. The normalized spacial score (nSPS) is 10.6. The quantitative estimate of drug-likeness (QED) is 0.813. The van der Waals surface area contributed by atoms with E-state index in [0.717, 1.165) is 0 Å². The van der Waals surface area contributed by atoms with Crippen molar-refractivity contribution >= 4 is 0 Å². The zero-order valence-corrected chi connectivity index (χ0v) is 8.20. The van der Waals surface area contributed by atoms with Crippen LogP contribution >= 0.6 is 0 Å². The molecular weight excluding hydrogens is 197 g/mol. The monoisotopic (exact) mass is 207 g/mol. The van der Waals surface area contributed by atoms with Crippen molar-refractivity contribution in [3.8, 4) is 11.4 Å². The van der Waals surface area contributed by atoms with Crippen LogP contribution in [-0.2, 0) is 6.54 Å². The van der Waals surface area contributed by atoms with Crippen LogP contribution in [-0.4, -0.2) is 10.1 Å². The number of aromatic nitrogens is 2. The molecule has 0 aliphatic rings. The summed E-state index contributed by atoms with van der Waals surface area (Å²) >= 11 is 0. The summed E-state index contributed by atoms with van der Waals surface area (Å²) in [6.07, 6.45) is 0. The van der Waals surface area contributed by atoms with E-state index in [4.69, 9.17) is 10.3 Å². The second-order valence-corrected chi connectivity index (χ2v) is 3.13. The van der Waals surface area contributed by atoms with Gasteiger partial charge >= 0.3 is 0 Å². The highest BCUT2D eigenvalue weighted by Crippen LogP contribution is 2.22. The topological polar surface area (TPSA) is 64.9 Å². The maximum atomic E-state index is 13.2. The van der Waals surface area contributed by atoms with E-state index >= 15 is 0 Å². The zero-order chi connectivity index (χ0) is 10.8. The zero-order valence-electron chi connectivity index (χ0n) is 8.20. The maximum Gasteiger partial charge on any atom is 0.240 e. The highest BCUT2D eigenvalue weighted by atomic mass is 19.1. The van der Waals surface area contributed by atoms with Crippen LogP contribution in [0.4, 0.5) is 4.39 Å². The minimum absolute atomic E-state index is 0.182. The molecule has 1 heterocycles. The first-order valence-electron chi connectivity index (χ1n) is 4.50. The van der Waals surface area contributed by atoms with Gasteiger partial charge in [-0.2, -0.15) is 4.98 Å². The van der Waals surface area contributed by atoms with Gasteiger partial charge in [0.25, 0.3) is 0 Å². The lowest BCUT2D eigenvalue weighted by molar-refractivity contribution is 0.380. The van der Waals surface area contributed by atoms with Gasteiger partial charge in [0, 0.05) is 5.56 Å². The van der Waals surface area contributed by atoms with E-state index in [9.17, 15) is 4.39 Å². The summed E-state index contributed by atoms with van der Waals surface area (Å²) < 4.78 is 18.1. The average Bonchev–Trinajstić information content (AvgIpc) is 2.70. The summed E-state index contributed by atoms with van der Waals surface area (Å²) in [6, 6.07) is 4.74. The van der Waals surface area contributed by atoms with Crippen LogP contribution in [0.25, 0.3) is 11.4 Å². The molecule has 0 fully saturated rings. The fourth-order valence-electron chi connectivity index (χ4n) is 1.30. The van der Waals surface area contributed by atoms with Crippen molar-refractivity contribution in [2.75, 3.05) is 0 Å². The Labute approximate surface area is 85.9 Å². The molecule has 5 heteroatoms. The number of benzene rings is 1. The predicted molar refractivity (Wildman–Crippen MR) is 52.3 cm³/mol. The first-order valence-corrected chi connectivity index (χ1v) is 4.50. The predicted octanol–water partition coefficient (Wildman–Crippen LogP) is 1.64. The van der Waals surface area contributed by atoms with Crippen LogP contribution in [0.15, 0.2) is 22.7 Å². The van der Waals surface area contributed by atoms with Crippen molar-refractivity contribution in [1.29, 1.82) is 0 Å². The molecule has 2 aromatic rings. The number of hydrogen-bond acceptors (Lipinski definition) is 4. The molecule has 0 saturated carbocycles. The summed E-state index contributed by atoms with van der Waals surface area (Å²) in [5.41, 5.74) is 6.46. The Morgan fingerprint density at radius 2 is 2.27 bits per heavy atom. The molecule has 0 bridgehead atoms.